The van der Waals surface area contributed by atoms with Crippen molar-refractivity contribution in [3.63, 3.8) is 0 Å². The molecular formula is C21H22ClNO4. The Morgan fingerprint density at radius 1 is 1.22 bits per heavy atom. The highest BCUT2D eigenvalue weighted by atomic mass is 35.5. The standard InChI is InChI=1S/C21H22ClNO4/c1-13(2)27-18-10-5-4-7-15(18)12-23-19-16(8-6-9-17(19)22)21(26,20(23)25)11-14(3)24/h4-10,13,26H,11-12H2,1-3H3. The van der Waals surface area contributed by atoms with Crippen molar-refractivity contribution in [3.8, 4) is 5.75 Å². The predicted octanol–water partition coefficient (Wildman–Crippen LogP) is 3.84. The zero-order chi connectivity index (χ0) is 19.8. The molecule has 0 aliphatic carbocycles. The summed E-state index contributed by atoms with van der Waals surface area (Å²) in [5.41, 5.74) is -0.317. The molecule has 6 heteroatoms. The highest BCUT2D eigenvalue weighted by molar-refractivity contribution is 6.35. The average Bonchev–Trinajstić information content (AvgIpc) is 2.78. The number of ether oxygens (including phenoxy) is 1. The van der Waals surface area contributed by atoms with Gasteiger partial charge in [0.25, 0.3) is 5.91 Å². The number of Topliss-reactive ketones (excluding diaryl/α,β-unsaturated/α-hetero) is 1. The van der Waals surface area contributed by atoms with Gasteiger partial charge in [-0.2, -0.15) is 0 Å². The van der Waals surface area contributed by atoms with E-state index in [0.29, 0.717) is 22.0 Å². The number of benzene rings is 2. The van der Waals surface area contributed by atoms with Crippen LogP contribution in [0.3, 0.4) is 0 Å². The summed E-state index contributed by atoms with van der Waals surface area (Å²) in [6.45, 7) is 5.38. The van der Waals surface area contributed by atoms with E-state index in [0.717, 1.165) is 5.56 Å². The maximum atomic E-state index is 13.1. The molecule has 0 aromatic heterocycles. The van der Waals surface area contributed by atoms with Gasteiger partial charge in [-0.15, -0.1) is 0 Å². The van der Waals surface area contributed by atoms with E-state index in [-0.39, 0.29) is 24.9 Å². The Balaban J connectivity index is 2.05. The fourth-order valence-corrected chi connectivity index (χ4v) is 3.70. The molecule has 5 nitrogen and oxygen atoms in total. The van der Waals surface area contributed by atoms with E-state index in [2.05, 4.69) is 0 Å². The van der Waals surface area contributed by atoms with Gasteiger partial charge in [-0.3, -0.25) is 9.59 Å². The minimum atomic E-state index is -1.90. The summed E-state index contributed by atoms with van der Waals surface area (Å²) >= 11 is 6.36. The highest BCUT2D eigenvalue weighted by Gasteiger charge is 2.51. The Labute approximate surface area is 163 Å². The zero-order valence-corrected chi connectivity index (χ0v) is 16.3. The second kappa shape index (κ2) is 7.33. The normalized spacial score (nSPS) is 18.7. The van der Waals surface area contributed by atoms with E-state index in [1.54, 1.807) is 18.2 Å². The van der Waals surface area contributed by atoms with Crippen LogP contribution in [0, 0.1) is 0 Å². The summed E-state index contributed by atoms with van der Waals surface area (Å²) in [5.74, 6) is -0.168. The number of anilines is 1. The molecule has 0 saturated heterocycles. The van der Waals surface area contributed by atoms with Crippen LogP contribution in [0.1, 0.15) is 38.3 Å². The lowest BCUT2D eigenvalue weighted by molar-refractivity contribution is -0.141. The average molecular weight is 388 g/mol. The van der Waals surface area contributed by atoms with Gasteiger partial charge < -0.3 is 14.7 Å². The topological polar surface area (TPSA) is 66.8 Å². The first-order valence-corrected chi connectivity index (χ1v) is 9.19. The lowest BCUT2D eigenvalue weighted by atomic mass is 9.90. The Bertz CT molecular complexity index is 896. The first-order valence-electron chi connectivity index (χ1n) is 8.81. The molecule has 0 fully saturated rings. The van der Waals surface area contributed by atoms with Gasteiger partial charge in [0.15, 0.2) is 5.60 Å². The van der Waals surface area contributed by atoms with E-state index < -0.39 is 11.5 Å². The molecule has 3 rings (SSSR count). The molecular weight excluding hydrogens is 366 g/mol. The number of hydrogen-bond donors (Lipinski definition) is 1. The van der Waals surface area contributed by atoms with Crippen molar-refractivity contribution in [2.45, 2.75) is 45.4 Å². The first kappa shape index (κ1) is 19.4. The van der Waals surface area contributed by atoms with Crippen LogP contribution < -0.4 is 9.64 Å². The largest absolute Gasteiger partial charge is 0.491 e. The van der Waals surface area contributed by atoms with Gasteiger partial charge in [-0.05, 0) is 32.9 Å². The van der Waals surface area contributed by atoms with Gasteiger partial charge in [-0.25, -0.2) is 0 Å². The minimum Gasteiger partial charge on any atom is -0.491 e. The van der Waals surface area contributed by atoms with Crippen molar-refractivity contribution < 1.29 is 19.4 Å². The van der Waals surface area contributed by atoms with E-state index in [1.165, 1.54) is 11.8 Å². The molecule has 0 radical (unpaired) electrons. The molecule has 1 unspecified atom stereocenters. The fourth-order valence-electron chi connectivity index (χ4n) is 3.42. The molecule has 1 atom stereocenters. The quantitative estimate of drug-likeness (QED) is 0.817. The third-order valence-electron chi connectivity index (χ3n) is 4.47. The second-order valence-electron chi connectivity index (χ2n) is 7.04. The molecule has 0 spiro atoms. The van der Waals surface area contributed by atoms with Gasteiger partial charge in [-0.1, -0.05) is 41.9 Å². The van der Waals surface area contributed by atoms with Crippen molar-refractivity contribution >= 4 is 29.0 Å². The molecule has 1 N–H and O–H groups in total. The number of carbonyl (C=O) groups is 2. The second-order valence-corrected chi connectivity index (χ2v) is 7.45. The number of rotatable bonds is 6. The number of fused-ring (bicyclic) bond motifs is 1. The molecule has 27 heavy (non-hydrogen) atoms. The van der Waals surface area contributed by atoms with Gasteiger partial charge in [0, 0.05) is 17.5 Å². The van der Waals surface area contributed by atoms with E-state index in [1.807, 2.05) is 38.1 Å². The molecule has 1 heterocycles. The van der Waals surface area contributed by atoms with Gasteiger partial charge in [0.1, 0.15) is 11.5 Å². The Kier molecular flexibility index (Phi) is 5.27. The molecule has 0 saturated carbocycles. The maximum Gasteiger partial charge on any atom is 0.264 e. The maximum absolute atomic E-state index is 13.1. The number of nitrogens with zero attached hydrogens (tertiary/aromatic N) is 1. The number of halogens is 1. The molecule has 0 bridgehead atoms. The lowest BCUT2D eigenvalue weighted by Gasteiger charge is -2.23. The first-order chi connectivity index (χ1) is 12.7. The van der Waals surface area contributed by atoms with Crippen LogP contribution >= 0.6 is 11.6 Å². The van der Waals surface area contributed by atoms with Crippen molar-refractivity contribution in [1.82, 2.24) is 0 Å². The van der Waals surface area contributed by atoms with Crippen molar-refractivity contribution in [3.05, 3.63) is 58.6 Å². The van der Waals surface area contributed by atoms with Crippen molar-refractivity contribution in [2.75, 3.05) is 4.90 Å². The third-order valence-corrected chi connectivity index (χ3v) is 4.77. The SMILES string of the molecule is CC(=O)CC1(O)C(=O)N(Cc2ccccc2OC(C)C)c2c(Cl)cccc21. The van der Waals surface area contributed by atoms with Crippen LogP contribution in [0.5, 0.6) is 5.75 Å². The van der Waals surface area contributed by atoms with E-state index in [4.69, 9.17) is 16.3 Å². The van der Waals surface area contributed by atoms with E-state index in [9.17, 15) is 14.7 Å². The van der Waals surface area contributed by atoms with E-state index >= 15 is 0 Å². The van der Waals surface area contributed by atoms with Crippen LogP contribution in [0.25, 0.3) is 0 Å². The van der Waals surface area contributed by atoms with Crippen LogP contribution in [0.4, 0.5) is 5.69 Å². The lowest BCUT2D eigenvalue weighted by Crippen LogP contribution is -2.41. The van der Waals surface area contributed by atoms with Crippen LogP contribution in [0.2, 0.25) is 5.02 Å². The zero-order valence-electron chi connectivity index (χ0n) is 15.5. The Hall–Kier alpha value is -2.37. The fraction of sp³-hybridized carbons (Fsp3) is 0.333. The third kappa shape index (κ3) is 3.57. The number of hydrogen-bond acceptors (Lipinski definition) is 4. The number of ketones is 1. The molecule has 1 aliphatic heterocycles. The molecule has 1 aliphatic rings. The number of carbonyl (C=O) groups excluding carboxylic acids is 2. The van der Waals surface area contributed by atoms with Gasteiger partial charge >= 0.3 is 0 Å². The van der Waals surface area contributed by atoms with Crippen molar-refractivity contribution in [2.24, 2.45) is 0 Å². The van der Waals surface area contributed by atoms with Crippen LogP contribution in [0.15, 0.2) is 42.5 Å². The smallest absolute Gasteiger partial charge is 0.264 e. The van der Waals surface area contributed by atoms with Gasteiger partial charge in [0.2, 0.25) is 0 Å². The summed E-state index contributed by atoms with van der Waals surface area (Å²) in [6, 6.07) is 12.4. The Morgan fingerprint density at radius 3 is 2.59 bits per heavy atom. The number of aliphatic hydroxyl groups is 1. The monoisotopic (exact) mass is 387 g/mol. The Morgan fingerprint density at radius 2 is 1.93 bits per heavy atom. The summed E-state index contributed by atoms with van der Waals surface area (Å²) in [4.78, 5) is 26.3. The highest BCUT2D eigenvalue weighted by Crippen LogP contribution is 2.47. The predicted molar refractivity (Wildman–Crippen MR) is 104 cm³/mol. The van der Waals surface area contributed by atoms with Gasteiger partial charge in [0.05, 0.1) is 23.4 Å². The molecule has 142 valence electrons. The number of amides is 1. The van der Waals surface area contributed by atoms with Crippen LogP contribution in [-0.4, -0.2) is 22.9 Å². The van der Waals surface area contributed by atoms with Crippen molar-refractivity contribution in [1.29, 1.82) is 0 Å². The van der Waals surface area contributed by atoms with Crippen LogP contribution in [-0.2, 0) is 21.7 Å². The summed E-state index contributed by atoms with van der Waals surface area (Å²) in [7, 11) is 0. The summed E-state index contributed by atoms with van der Waals surface area (Å²) in [6.07, 6.45) is -0.314. The number of para-hydroxylation sites is 2. The molecule has 2 aromatic rings. The molecule has 1 amide bonds. The minimum absolute atomic E-state index is 0.0223. The summed E-state index contributed by atoms with van der Waals surface area (Å²) < 4.78 is 5.84. The molecule has 2 aromatic carbocycles. The summed E-state index contributed by atoms with van der Waals surface area (Å²) in [5, 5.41) is 11.4.